The first-order valence-corrected chi connectivity index (χ1v) is 10.6. The van der Waals surface area contributed by atoms with Crippen molar-refractivity contribution in [3.63, 3.8) is 0 Å². The number of unbranched alkanes of at least 4 members (excludes halogenated alkanes) is 3. The highest BCUT2D eigenvalue weighted by atomic mass is 16.2. The highest BCUT2D eigenvalue weighted by Gasteiger charge is 2.54. The number of anilines is 1. The fourth-order valence-electron chi connectivity index (χ4n) is 4.92. The SMILES string of the molecule is CCCCCC[C@@H](C=O)[C@@]1(c2c[nH]c3c(C)cccc23)C(=O)Nc2ccccc21. The van der Waals surface area contributed by atoms with Crippen molar-refractivity contribution in [3.8, 4) is 0 Å². The van der Waals surface area contributed by atoms with Gasteiger partial charge in [0.1, 0.15) is 11.7 Å². The smallest absolute Gasteiger partial charge is 0.240 e. The number of carbonyl (C=O) groups is 2. The molecule has 29 heavy (non-hydrogen) atoms. The van der Waals surface area contributed by atoms with Crippen molar-refractivity contribution in [2.24, 2.45) is 5.92 Å². The number of aromatic nitrogens is 1. The van der Waals surface area contributed by atoms with E-state index in [-0.39, 0.29) is 5.91 Å². The van der Waals surface area contributed by atoms with Gasteiger partial charge in [-0.05, 0) is 36.1 Å². The van der Waals surface area contributed by atoms with Gasteiger partial charge in [0.05, 0.1) is 0 Å². The van der Waals surface area contributed by atoms with Gasteiger partial charge >= 0.3 is 0 Å². The first kappa shape index (κ1) is 19.4. The number of aldehydes is 1. The fourth-order valence-corrected chi connectivity index (χ4v) is 4.92. The summed E-state index contributed by atoms with van der Waals surface area (Å²) in [7, 11) is 0. The van der Waals surface area contributed by atoms with Crippen LogP contribution in [-0.2, 0) is 15.0 Å². The zero-order chi connectivity index (χ0) is 20.4. The van der Waals surface area contributed by atoms with Crippen molar-refractivity contribution < 1.29 is 9.59 Å². The maximum atomic E-state index is 13.6. The molecule has 4 heteroatoms. The number of para-hydroxylation sites is 2. The van der Waals surface area contributed by atoms with E-state index in [9.17, 15) is 9.59 Å². The molecule has 2 aromatic carbocycles. The summed E-state index contributed by atoms with van der Waals surface area (Å²) in [5.41, 5.74) is 3.75. The molecule has 4 rings (SSSR count). The van der Waals surface area contributed by atoms with Gasteiger partial charge in [0.15, 0.2) is 0 Å². The second-order valence-corrected chi connectivity index (χ2v) is 8.10. The molecular weight excluding hydrogens is 360 g/mol. The van der Waals surface area contributed by atoms with Gasteiger partial charge in [0.2, 0.25) is 5.91 Å². The maximum absolute atomic E-state index is 13.6. The van der Waals surface area contributed by atoms with Gasteiger partial charge in [0.25, 0.3) is 0 Å². The van der Waals surface area contributed by atoms with Crippen LogP contribution in [0.3, 0.4) is 0 Å². The van der Waals surface area contributed by atoms with Crippen LogP contribution in [0.15, 0.2) is 48.7 Å². The zero-order valence-corrected chi connectivity index (χ0v) is 17.1. The number of H-pyrrole nitrogens is 1. The molecule has 2 heterocycles. The first-order valence-electron chi connectivity index (χ1n) is 10.6. The van der Waals surface area contributed by atoms with Crippen LogP contribution in [0.1, 0.15) is 55.7 Å². The number of hydrogen-bond acceptors (Lipinski definition) is 2. The minimum absolute atomic E-state index is 0.103. The average Bonchev–Trinajstić information content (AvgIpc) is 3.28. The number of carbonyl (C=O) groups excluding carboxylic acids is 2. The standard InChI is InChI=1S/C25H28N2O2/c1-3-4-5-6-11-18(16-28)25(20-13-7-8-14-22(20)27-24(25)29)21-15-26-23-17(2)10-9-12-19(21)23/h7-10,12-16,18,26H,3-6,11H2,1-2H3,(H,27,29)/t18-,25+/m0/s1. The van der Waals surface area contributed by atoms with Gasteiger partial charge in [-0.1, -0.05) is 69.0 Å². The fraction of sp³-hybridized carbons (Fsp3) is 0.360. The Morgan fingerprint density at radius 1 is 1.03 bits per heavy atom. The molecule has 2 atom stereocenters. The van der Waals surface area contributed by atoms with E-state index >= 15 is 0 Å². The van der Waals surface area contributed by atoms with Crippen LogP contribution >= 0.6 is 0 Å². The van der Waals surface area contributed by atoms with Crippen molar-refractivity contribution in [2.75, 3.05) is 5.32 Å². The predicted octanol–water partition coefficient (Wildman–Crippen LogP) is 5.50. The monoisotopic (exact) mass is 388 g/mol. The molecule has 1 aliphatic rings. The van der Waals surface area contributed by atoms with E-state index in [2.05, 4.69) is 30.2 Å². The number of benzene rings is 2. The Bertz CT molecular complexity index is 1050. The Kier molecular flexibility index (Phi) is 5.27. The van der Waals surface area contributed by atoms with Gasteiger partial charge in [-0.3, -0.25) is 4.79 Å². The molecule has 0 radical (unpaired) electrons. The summed E-state index contributed by atoms with van der Waals surface area (Å²) in [5.74, 6) is -0.517. The van der Waals surface area contributed by atoms with Crippen LogP contribution in [-0.4, -0.2) is 17.2 Å². The lowest BCUT2D eigenvalue weighted by atomic mass is 9.65. The summed E-state index contributed by atoms with van der Waals surface area (Å²) >= 11 is 0. The summed E-state index contributed by atoms with van der Waals surface area (Å²) in [6, 6.07) is 13.9. The second kappa shape index (κ2) is 7.86. The van der Waals surface area contributed by atoms with Crippen molar-refractivity contribution in [1.29, 1.82) is 0 Å². The number of fused-ring (bicyclic) bond motifs is 2. The topological polar surface area (TPSA) is 62.0 Å². The van der Waals surface area contributed by atoms with E-state index in [0.717, 1.165) is 65.3 Å². The lowest BCUT2D eigenvalue weighted by Crippen LogP contribution is -2.43. The summed E-state index contributed by atoms with van der Waals surface area (Å²) < 4.78 is 0. The van der Waals surface area contributed by atoms with Crippen molar-refractivity contribution in [1.82, 2.24) is 4.98 Å². The molecule has 1 aromatic heterocycles. The molecular formula is C25H28N2O2. The van der Waals surface area contributed by atoms with E-state index in [1.165, 1.54) is 0 Å². The average molecular weight is 389 g/mol. The molecule has 2 N–H and O–H groups in total. The van der Waals surface area contributed by atoms with E-state index in [1.807, 2.05) is 42.6 Å². The van der Waals surface area contributed by atoms with Gasteiger partial charge in [-0.25, -0.2) is 0 Å². The molecule has 4 nitrogen and oxygen atoms in total. The lowest BCUT2D eigenvalue weighted by Gasteiger charge is -2.33. The molecule has 0 fully saturated rings. The van der Waals surface area contributed by atoms with Crippen LogP contribution in [0, 0.1) is 12.8 Å². The van der Waals surface area contributed by atoms with Gasteiger partial charge in [-0.15, -0.1) is 0 Å². The number of rotatable bonds is 8. The van der Waals surface area contributed by atoms with Crippen LogP contribution in [0.4, 0.5) is 5.69 Å². The van der Waals surface area contributed by atoms with Gasteiger partial charge in [0, 0.05) is 28.7 Å². The minimum Gasteiger partial charge on any atom is -0.361 e. The number of aromatic amines is 1. The van der Waals surface area contributed by atoms with Crippen molar-refractivity contribution in [3.05, 3.63) is 65.4 Å². The summed E-state index contributed by atoms with van der Waals surface area (Å²) in [5, 5.41) is 4.07. The van der Waals surface area contributed by atoms with Crippen LogP contribution in [0.2, 0.25) is 0 Å². The highest BCUT2D eigenvalue weighted by Crippen LogP contribution is 2.50. The number of amides is 1. The Labute approximate surface area is 171 Å². The van der Waals surface area contributed by atoms with Crippen molar-refractivity contribution in [2.45, 2.75) is 51.4 Å². The van der Waals surface area contributed by atoms with Gasteiger partial charge in [-0.2, -0.15) is 0 Å². The van der Waals surface area contributed by atoms with E-state index < -0.39 is 11.3 Å². The first-order chi connectivity index (χ1) is 14.1. The zero-order valence-electron chi connectivity index (χ0n) is 17.1. The Hall–Kier alpha value is -2.88. The molecule has 0 aliphatic carbocycles. The van der Waals surface area contributed by atoms with E-state index in [4.69, 9.17) is 0 Å². The molecule has 0 saturated heterocycles. The third kappa shape index (κ3) is 2.98. The third-order valence-electron chi connectivity index (χ3n) is 6.40. The van der Waals surface area contributed by atoms with Crippen molar-refractivity contribution >= 4 is 28.8 Å². The molecule has 0 unspecified atom stereocenters. The van der Waals surface area contributed by atoms with Crippen LogP contribution in [0.25, 0.3) is 10.9 Å². The predicted molar refractivity (Wildman–Crippen MR) is 117 cm³/mol. The van der Waals surface area contributed by atoms with E-state index in [1.54, 1.807) is 0 Å². The molecule has 0 bridgehead atoms. The lowest BCUT2D eigenvalue weighted by molar-refractivity contribution is -0.125. The van der Waals surface area contributed by atoms with Crippen LogP contribution < -0.4 is 5.32 Å². The summed E-state index contributed by atoms with van der Waals surface area (Å²) in [4.78, 5) is 29.4. The molecule has 1 aliphatic heterocycles. The minimum atomic E-state index is -1.00. The van der Waals surface area contributed by atoms with E-state index in [0.29, 0.717) is 6.42 Å². The normalized spacial score (nSPS) is 19.2. The van der Waals surface area contributed by atoms with Gasteiger partial charge < -0.3 is 15.1 Å². The Morgan fingerprint density at radius 3 is 2.66 bits per heavy atom. The molecule has 0 saturated carbocycles. The van der Waals surface area contributed by atoms with Crippen LogP contribution in [0.5, 0.6) is 0 Å². The third-order valence-corrected chi connectivity index (χ3v) is 6.40. The second-order valence-electron chi connectivity index (χ2n) is 8.10. The largest absolute Gasteiger partial charge is 0.361 e. The Morgan fingerprint density at radius 2 is 1.86 bits per heavy atom. The molecule has 150 valence electrons. The Balaban J connectivity index is 1.92. The number of nitrogens with one attached hydrogen (secondary N) is 2. The maximum Gasteiger partial charge on any atom is 0.240 e. The summed E-state index contributed by atoms with van der Waals surface area (Å²) in [6.45, 7) is 4.23. The quantitative estimate of drug-likeness (QED) is 0.395. The highest BCUT2D eigenvalue weighted by molar-refractivity contribution is 6.12. The molecule has 1 amide bonds. The molecule has 3 aromatic rings. The molecule has 0 spiro atoms. The number of hydrogen-bond donors (Lipinski definition) is 2. The summed E-state index contributed by atoms with van der Waals surface area (Å²) in [6.07, 6.45) is 7.94. The number of aryl methyl sites for hydroxylation is 1.